The standard InChI is InChI=1S/C11H11IN2O/c1-9(14-8-12)15-11-5-3-2-4-10(11)6-7-13/h2-5,7-8,13H,1,6H2/b13-7?,14-8-. The van der Waals surface area contributed by atoms with Gasteiger partial charge in [0.2, 0.25) is 5.88 Å². The maximum absolute atomic E-state index is 7.07. The van der Waals surface area contributed by atoms with Gasteiger partial charge in [-0.2, -0.15) is 0 Å². The van der Waals surface area contributed by atoms with E-state index in [9.17, 15) is 0 Å². The molecule has 0 aliphatic rings. The van der Waals surface area contributed by atoms with E-state index < -0.39 is 0 Å². The number of ether oxygens (including phenoxy) is 1. The summed E-state index contributed by atoms with van der Waals surface area (Å²) in [6.07, 6.45) is 1.89. The fourth-order valence-electron chi connectivity index (χ4n) is 1.09. The van der Waals surface area contributed by atoms with E-state index in [0.29, 0.717) is 18.1 Å². The maximum Gasteiger partial charge on any atom is 0.212 e. The quantitative estimate of drug-likeness (QED) is 0.506. The molecule has 0 aromatic heterocycles. The van der Waals surface area contributed by atoms with E-state index in [1.54, 1.807) is 4.22 Å². The normalized spacial score (nSPS) is 10.2. The first-order valence-electron chi connectivity index (χ1n) is 4.34. The van der Waals surface area contributed by atoms with Crippen LogP contribution < -0.4 is 4.74 Å². The van der Waals surface area contributed by atoms with Gasteiger partial charge in [-0.15, -0.1) is 0 Å². The molecule has 0 radical (unpaired) electrons. The number of rotatable bonds is 5. The van der Waals surface area contributed by atoms with E-state index in [-0.39, 0.29) is 0 Å². The van der Waals surface area contributed by atoms with Crippen molar-refractivity contribution in [1.29, 1.82) is 5.41 Å². The zero-order chi connectivity index (χ0) is 11.1. The minimum absolute atomic E-state index is 0.349. The molecule has 78 valence electrons. The molecule has 1 rings (SSSR count). The Bertz CT molecular complexity index is 388. The second kappa shape index (κ2) is 6.34. The third-order valence-electron chi connectivity index (χ3n) is 1.72. The highest BCUT2D eigenvalue weighted by Crippen LogP contribution is 2.20. The predicted molar refractivity (Wildman–Crippen MR) is 71.2 cm³/mol. The van der Waals surface area contributed by atoms with E-state index in [4.69, 9.17) is 10.1 Å². The van der Waals surface area contributed by atoms with Crippen LogP contribution in [0.3, 0.4) is 0 Å². The monoisotopic (exact) mass is 314 g/mol. The summed E-state index contributed by atoms with van der Waals surface area (Å²) in [7, 11) is 0. The van der Waals surface area contributed by atoms with Gasteiger partial charge in [-0.05, 0) is 41.5 Å². The lowest BCUT2D eigenvalue weighted by Gasteiger charge is -2.08. The number of nitrogens with one attached hydrogen (secondary N) is 1. The van der Waals surface area contributed by atoms with Gasteiger partial charge in [0.1, 0.15) is 5.75 Å². The SMILES string of the molecule is C=C(/N=C\I)Oc1ccccc1CC=N. The van der Waals surface area contributed by atoms with Crippen molar-refractivity contribution in [3.05, 3.63) is 42.3 Å². The smallest absolute Gasteiger partial charge is 0.212 e. The minimum atomic E-state index is 0.349. The molecule has 15 heavy (non-hydrogen) atoms. The van der Waals surface area contributed by atoms with Crippen LogP contribution in [-0.4, -0.2) is 10.4 Å². The first kappa shape index (κ1) is 11.9. The Balaban J connectivity index is 2.83. The third kappa shape index (κ3) is 3.83. The summed E-state index contributed by atoms with van der Waals surface area (Å²) in [5, 5.41) is 7.07. The number of hydrogen-bond acceptors (Lipinski definition) is 3. The highest BCUT2D eigenvalue weighted by atomic mass is 127. The molecule has 0 heterocycles. The van der Waals surface area contributed by atoms with Crippen LogP contribution >= 0.6 is 22.6 Å². The van der Waals surface area contributed by atoms with Crippen LogP contribution in [0.15, 0.2) is 41.7 Å². The van der Waals surface area contributed by atoms with E-state index in [1.165, 1.54) is 6.21 Å². The summed E-state index contributed by atoms with van der Waals surface area (Å²) >= 11 is 2.00. The van der Waals surface area contributed by atoms with Crippen LogP contribution in [-0.2, 0) is 6.42 Å². The number of halogens is 1. The average molecular weight is 314 g/mol. The Morgan fingerprint density at radius 1 is 1.53 bits per heavy atom. The topological polar surface area (TPSA) is 45.4 Å². The van der Waals surface area contributed by atoms with Crippen LogP contribution in [0.5, 0.6) is 5.75 Å². The first-order chi connectivity index (χ1) is 7.27. The van der Waals surface area contributed by atoms with Crippen molar-refractivity contribution in [1.82, 2.24) is 0 Å². The molecule has 0 saturated carbocycles. The molecule has 1 aromatic carbocycles. The van der Waals surface area contributed by atoms with E-state index >= 15 is 0 Å². The Kier molecular flexibility index (Phi) is 5.03. The van der Waals surface area contributed by atoms with Gasteiger partial charge in [-0.3, -0.25) is 0 Å². The van der Waals surface area contributed by atoms with Gasteiger partial charge in [-0.1, -0.05) is 18.2 Å². The fourth-order valence-corrected chi connectivity index (χ4v) is 1.40. The summed E-state index contributed by atoms with van der Waals surface area (Å²) in [6, 6.07) is 7.55. The number of benzene rings is 1. The van der Waals surface area contributed by atoms with Crippen molar-refractivity contribution in [2.45, 2.75) is 6.42 Å². The van der Waals surface area contributed by atoms with Gasteiger partial charge in [0.05, 0.1) is 4.22 Å². The van der Waals surface area contributed by atoms with Crippen molar-refractivity contribution in [2.75, 3.05) is 0 Å². The summed E-state index contributed by atoms with van der Waals surface area (Å²) in [6.45, 7) is 3.66. The van der Waals surface area contributed by atoms with E-state index in [2.05, 4.69) is 11.6 Å². The first-order valence-corrected chi connectivity index (χ1v) is 5.59. The van der Waals surface area contributed by atoms with Crippen molar-refractivity contribution >= 4 is 33.0 Å². The van der Waals surface area contributed by atoms with Gasteiger partial charge in [-0.25, -0.2) is 4.99 Å². The largest absolute Gasteiger partial charge is 0.439 e. The molecule has 0 amide bonds. The zero-order valence-electron chi connectivity index (χ0n) is 8.11. The van der Waals surface area contributed by atoms with Crippen molar-refractivity contribution in [2.24, 2.45) is 4.99 Å². The van der Waals surface area contributed by atoms with Gasteiger partial charge < -0.3 is 10.1 Å². The molecule has 0 unspecified atom stereocenters. The Labute approximate surface area is 103 Å². The summed E-state index contributed by atoms with van der Waals surface area (Å²) in [4.78, 5) is 3.91. The number of para-hydroxylation sites is 1. The van der Waals surface area contributed by atoms with Gasteiger partial charge in [0.25, 0.3) is 0 Å². The van der Waals surface area contributed by atoms with Crippen molar-refractivity contribution in [3.8, 4) is 5.75 Å². The molecule has 1 aromatic rings. The lowest BCUT2D eigenvalue weighted by Crippen LogP contribution is -1.95. The lowest BCUT2D eigenvalue weighted by molar-refractivity contribution is 0.421. The van der Waals surface area contributed by atoms with E-state index in [0.717, 1.165) is 5.56 Å². The molecule has 0 fully saturated rings. The molecule has 0 aliphatic heterocycles. The predicted octanol–water partition coefficient (Wildman–Crippen LogP) is 3.19. The number of nitrogens with zero attached hydrogens (tertiary/aromatic N) is 1. The zero-order valence-corrected chi connectivity index (χ0v) is 10.3. The molecule has 0 aliphatic carbocycles. The van der Waals surface area contributed by atoms with Crippen LogP contribution in [0.2, 0.25) is 0 Å². The number of aliphatic imine (C=N–C) groups is 1. The van der Waals surface area contributed by atoms with Crippen LogP contribution in [0, 0.1) is 5.41 Å². The molecule has 1 N–H and O–H groups in total. The summed E-state index contributed by atoms with van der Waals surface area (Å²) in [5.41, 5.74) is 0.956. The molecule has 0 spiro atoms. The maximum atomic E-state index is 7.07. The second-order valence-corrected chi connectivity index (χ2v) is 3.30. The van der Waals surface area contributed by atoms with Crippen LogP contribution in [0.4, 0.5) is 0 Å². The van der Waals surface area contributed by atoms with Crippen molar-refractivity contribution in [3.63, 3.8) is 0 Å². The Morgan fingerprint density at radius 3 is 2.93 bits per heavy atom. The number of hydrogen-bond donors (Lipinski definition) is 1. The van der Waals surface area contributed by atoms with Gasteiger partial charge in [0.15, 0.2) is 0 Å². The fraction of sp³-hybridized carbons (Fsp3) is 0.0909. The third-order valence-corrected chi connectivity index (χ3v) is 1.99. The molecular weight excluding hydrogens is 303 g/mol. The minimum Gasteiger partial charge on any atom is -0.439 e. The Hall–Kier alpha value is -1.17. The highest BCUT2D eigenvalue weighted by molar-refractivity contribution is 14.1. The molecular formula is C11H11IN2O. The summed E-state index contributed by atoms with van der Waals surface area (Å²) in [5.74, 6) is 1.05. The average Bonchev–Trinajstić information content (AvgIpc) is 2.21. The van der Waals surface area contributed by atoms with E-state index in [1.807, 2.05) is 46.9 Å². The Morgan fingerprint density at radius 2 is 2.27 bits per heavy atom. The summed E-state index contributed by atoms with van der Waals surface area (Å²) < 4.78 is 7.03. The van der Waals surface area contributed by atoms with Gasteiger partial charge >= 0.3 is 0 Å². The second-order valence-electron chi connectivity index (χ2n) is 2.74. The molecule has 4 heteroatoms. The molecule has 0 bridgehead atoms. The van der Waals surface area contributed by atoms with Gasteiger partial charge in [0, 0.05) is 12.0 Å². The van der Waals surface area contributed by atoms with Crippen LogP contribution in [0.1, 0.15) is 5.56 Å². The van der Waals surface area contributed by atoms with Crippen molar-refractivity contribution < 1.29 is 4.74 Å². The molecule has 3 nitrogen and oxygen atoms in total. The molecule has 0 saturated heterocycles. The highest BCUT2D eigenvalue weighted by Gasteiger charge is 2.02. The lowest BCUT2D eigenvalue weighted by atomic mass is 10.1. The van der Waals surface area contributed by atoms with Crippen LogP contribution in [0.25, 0.3) is 0 Å². The molecule has 0 atom stereocenters.